The number of hydrogen-bond donors (Lipinski definition) is 0. The van der Waals surface area contributed by atoms with Gasteiger partial charge < -0.3 is 19.1 Å². The van der Waals surface area contributed by atoms with Gasteiger partial charge in [-0.2, -0.15) is 0 Å². The molecule has 0 atom stereocenters. The summed E-state index contributed by atoms with van der Waals surface area (Å²) < 4.78 is 16.0. The lowest BCUT2D eigenvalue weighted by molar-refractivity contribution is -0.384. The maximum atomic E-state index is 12.6. The Hall–Kier alpha value is -3.29. The molecule has 8 nitrogen and oxygen atoms in total. The first-order chi connectivity index (χ1) is 14.5. The molecule has 8 heteroatoms. The number of ether oxygens (including phenoxy) is 3. The van der Waals surface area contributed by atoms with Gasteiger partial charge in [0, 0.05) is 24.7 Å². The molecule has 0 unspecified atom stereocenters. The van der Waals surface area contributed by atoms with E-state index >= 15 is 0 Å². The smallest absolute Gasteiger partial charge is 0.338 e. The monoisotopic (exact) mass is 414 g/mol. The van der Waals surface area contributed by atoms with E-state index in [0.717, 1.165) is 38.8 Å². The number of methoxy groups -OCH3 is 2. The van der Waals surface area contributed by atoms with Gasteiger partial charge in [-0.15, -0.1) is 0 Å². The molecule has 0 aromatic heterocycles. The first-order valence-corrected chi connectivity index (χ1v) is 9.95. The zero-order chi connectivity index (χ0) is 21.5. The van der Waals surface area contributed by atoms with Crippen molar-refractivity contribution in [2.24, 2.45) is 0 Å². The number of benzene rings is 2. The summed E-state index contributed by atoms with van der Waals surface area (Å²) in [6.45, 7) is 1.52. The van der Waals surface area contributed by atoms with Crippen LogP contribution in [0.5, 0.6) is 11.5 Å². The summed E-state index contributed by atoms with van der Waals surface area (Å²) in [6, 6.07) is 9.80. The molecule has 1 fully saturated rings. The molecule has 0 amide bonds. The van der Waals surface area contributed by atoms with Gasteiger partial charge in [0.2, 0.25) is 0 Å². The van der Waals surface area contributed by atoms with Crippen LogP contribution in [0.3, 0.4) is 0 Å². The largest absolute Gasteiger partial charge is 0.493 e. The van der Waals surface area contributed by atoms with E-state index < -0.39 is 10.9 Å². The summed E-state index contributed by atoms with van der Waals surface area (Å²) in [7, 11) is 3.03. The van der Waals surface area contributed by atoms with Crippen molar-refractivity contribution in [2.75, 3.05) is 32.2 Å². The van der Waals surface area contributed by atoms with Crippen LogP contribution in [0.4, 0.5) is 11.4 Å². The van der Waals surface area contributed by atoms with E-state index in [0.29, 0.717) is 22.7 Å². The molecule has 30 heavy (non-hydrogen) atoms. The third-order valence-electron chi connectivity index (χ3n) is 5.20. The summed E-state index contributed by atoms with van der Waals surface area (Å²) in [5.41, 5.74) is 1.25. The molecule has 2 aromatic carbocycles. The van der Waals surface area contributed by atoms with E-state index in [1.54, 1.807) is 30.3 Å². The van der Waals surface area contributed by atoms with Gasteiger partial charge in [-0.05, 0) is 31.0 Å². The molecular weight excluding hydrogens is 388 g/mol. The number of carbonyl (C=O) groups is 1. The molecule has 0 saturated carbocycles. The number of nitrogens with zero attached hydrogens (tertiary/aromatic N) is 2. The van der Waals surface area contributed by atoms with Gasteiger partial charge in [0.15, 0.2) is 11.5 Å². The standard InChI is InChI=1S/C22H26N2O6/c1-28-20-9-7-8-17(21(20)29-2)15-30-22(25)16-10-11-18(19(14-16)24(26)27)23-12-5-3-4-6-13-23/h7-11,14H,3-6,12-13,15H2,1-2H3. The third kappa shape index (κ3) is 4.82. The zero-order valence-electron chi connectivity index (χ0n) is 17.3. The second-order valence-corrected chi connectivity index (χ2v) is 7.09. The minimum absolute atomic E-state index is 0.0408. The molecule has 1 aliphatic heterocycles. The van der Waals surface area contributed by atoms with Crippen LogP contribution in [-0.2, 0) is 11.3 Å². The number of esters is 1. The van der Waals surface area contributed by atoms with Crippen molar-refractivity contribution in [1.82, 2.24) is 0 Å². The van der Waals surface area contributed by atoms with E-state index in [9.17, 15) is 14.9 Å². The van der Waals surface area contributed by atoms with Crippen LogP contribution in [0.25, 0.3) is 0 Å². The minimum Gasteiger partial charge on any atom is -0.493 e. The Kier molecular flexibility index (Phi) is 7.11. The summed E-state index contributed by atoms with van der Waals surface area (Å²) in [5, 5.41) is 11.7. The Morgan fingerprint density at radius 2 is 1.80 bits per heavy atom. The molecule has 3 rings (SSSR count). The van der Waals surface area contributed by atoms with Crippen LogP contribution in [0.1, 0.15) is 41.6 Å². The highest BCUT2D eigenvalue weighted by Crippen LogP contribution is 2.33. The fourth-order valence-corrected chi connectivity index (χ4v) is 3.67. The van der Waals surface area contributed by atoms with Crippen LogP contribution in [0.2, 0.25) is 0 Å². The average Bonchev–Trinajstić information content (AvgIpc) is 3.06. The molecule has 160 valence electrons. The molecule has 1 heterocycles. The Bertz CT molecular complexity index is 906. The number of rotatable bonds is 7. The van der Waals surface area contributed by atoms with Gasteiger partial charge in [0.1, 0.15) is 12.3 Å². The number of carbonyl (C=O) groups excluding carboxylic acids is 1. The summed E-state index contributed by atoms with van der Waals surface area (Å²) in [6.07, 6.45) is 4.26. The van der Waals surface area contributed by atoms with Crippen molar-refractivity contribution in [1.29, 1.82) is 0 Å². The predicted octanol–water partition coefficient (Wildman–Crippen LogP) is 4.35. The molecule has 0 radical (unpaired) electrons. The maximum absolute atomic E-state index is 12.6. The fourth-order valence-electron chi connectivity index (χ4n) is 3.67. The van der Waals surface area contributed by atoms with Gasteiger partial charge in [-0.3, -0.25) is 10.1 Å². The van der Waals surface area contributed by atoms with Crippen LogP contribution >= 0.6 is 0 Å². The van der Waals surface area contributed by atoms with E-state index in [4.69, 9.17) is 14.2 Å². The van der Waals surface area contributed by atoms with Gasteiger partial charge in [0.05, 0.1) is 24.7 Å². The quantitative estimate of drug-likeness (QED) is 0.378. The SMILES string of the molecule is COc1cccc(COC(=O)c2ccc(N3CCCCCC3)c([N+](=O)[O-])c2)c1OC. The van der Waals surface area contributed by atoms with Crippen molar-refractivity contribution in [2.45, 2.75) is 32.3 Å². The molecular formula is C22H26N2O6. The Labute approximate surface area is 175 Å². The van der Waals surface area contributed by atoms with Crippen molar-refractivity contribution < 1.29 is 23.9 Å². The first-order valence-electron chi connectivity index (χ1n) is 9.95. The maximum Gasteiger partial charge on any atom is 0.338 e. The molecule has 1 saturated heterocycles. The molecule has 0 N–H and O–H groups in total. The number of hydrogen-bond acceptors (Lipinski definition) is 7. The van der Waals surface area contributed by atoms with Crippen molar-refractivity contribution in [3.63, 3.8) is 0 Å². The first kappa shape index (κ1) is 21.4. The summed E-state index contributed by atoms with van der Waals surface area (Å²) >= 11 is 0. The third-order valence-corrected chi connectivity index (χ3v) is 5.20. The van der Waals surface area contributed by atoms with Crippen molar-refractivity contribution in [3.8, 4) is 11.5 Å². The number of anilines is 1. The fraction of sp³-hybridized carbons (Fsp3) is 0.409. The zero-order valence-corrected chi connectivity index (χ0v) is 17.3. The van der Waals surface area contributed by atoms with E-state index in [2.05, 4.69) is 0 Å². The lowest BCUT2D eigenvalue weighted by Gasteiger charge is -2.22. The number of nitro groups is 1. The van der Waals surface area contributed by atoms with Gasteiger partial charge in [-0.1, -0.05) is 25.0 Å². The van der Waals surface area contributed by atoms with E-state index in [1.165, 1.54) is 20.3 Å². The van der Waals surface area contributed by atoms with E-state index in [-0.39, 0.29) is 17.9 Å². The van der Waals surface area contributed by atoms with Gasteiger partial charge >= 0.3 is 5.97 Å². The number of para-hydroxylation sites is 1. The van der Waals surface area contributed by atoms with Gasteiger partial charge in [-0.25, -0.2) is 4.79 Å². The van der Waals surface area contributed by atoms with Crippen molar-refractivity contribution >= 4 is 17.3 Å². The van der Waals surface area contributed by atoms with E-state index in [1.807, 2.05) is 4.90 Å². The van der Waals surface area contributed by atoms with Crippen LogP contribution in [0, 0.1) is 10.1 Å². The highest BCUT2D eigenvalue weighted by molar-refractivity contribution is 5.91. The number of nitro benzene ring substituents is 1. The molecule has 0 aliphatic carbocycles. The van der Waals surface area contributed by atoms with Crippen LogP contribution in [0.15, 0.2) is 36.4 Å². The van der Waals surface area contributed by atoms with Gasteiger partial charge in [0.25, 0.3) is 5.69 Å². The molecule has 1 aliphatic rings. The second kappa shape index (κ2) is 9.96. The van der Waals surface area contributed by atoms with Crippen LogP contribution < -0.4 is 14.4 Å². The van der Waals surface area contributed by atoms with Crippen molar-refractivity contribution in [3.05, 3.63) is 57.6 Å². The molecule has 0 bridgehead atoms. The Morgan fingerprint density at radius 3 is 2.43 bits per heavy atom. The lowest BCUT2D eigenvalue weighted by Crippen LogP contribution is -2.24. The normalized spacial score (nSPS) is 14.0. The molecule has 0 spiro atoms. The summed E-state index contributed by atoms with van der Waals surface area (Å²) in [4.78, 5) is 25.8. The highest BCUT2D eigenvalue weighted by Gasteiger charge is 2.23. The topological polar surface area (TPSA) is 91.1 Å². The van der Waals surface area contributed by atoms with Crippen LogP contribution in [-0.4, -0.2) is 38.2 Å². The second-order valence-electron chi connectivity index (χ2n) is 7.09. The molecule has 2 aromatic rings. The predicted molar refractivity (Wildman–Crippen MR) is 112 cm³/mol. The minimum atomic E-state index is -0.634. The highest BCUT2D eigenvalue weighted by atomic mass is 16.6. The lowest BCUT2D eigenvalue weighted by atomic mass is 10.1. The summed E-state index contributed by atoms with van der Waals surface area (Å²) in [5.74, 6) is 0.379. The Balaban J connectivity index is 1.78. The Morgan fingerprint density at radius 1 is 1.07 bits per heavy atom. The average molecular weight is 414 g/mol.